The lowest BCUT2D eigenvalue weighted by Gasteiger charge is -2.13. The molecular formula is C15H14Cl2O3. The van der Waals surface area contributed by atoms with Crippen LogP contribution >= 0.6 is 23.2 Å². The van der Waals surface area contributed by atoms with Gasteiger partial charge in [-0.15, -0.1) is 0 Å². The minimum absolute atomic E-state index is 0.179. The summed E-state index contributed by atoms with van der Waals surface area (Å²) < 4.78 is 11.0. The molecule has 0 heterocycles. The van der Waals surface area contributed by atoms with Gasteiger partial charge in [0.05, 0.1) is 13.7 Å². The van der Waals surface area contributed by atoms with Crippen LogP contribution in [0.3, 0.4) is 0 Å². The predicted molar refractivity (Wildman–Crippen MR) is 79.7 cm³/mol. The Morgan fingerprint density at radius 3 is 2.60 bits per heavy atom. The molecule has 0 unspecified atom stereocenters. The molecule has 0 bridgehead atoms. The number of rotatable bonds is 5. The molecular weight excluding hydrogens is 299 g/mol. The average molecular weight is 313 g/mol. The summed E-state index contributed by atoms with van der Waals surface area (Å²) in [6.45, 7) is 0.0960. The summed E-state index contributed by atoms with van der Waals surface area (Å²) in [5.41, 5.74) is 1.39. The predicted octanol–water partition coefficient (Wildman–Crippen LogP) is 4.07. The molecule has 0 atom stereocenters. The lowest BCUT2D eigenvalue weighted by molar-refractivity contribution is 0.257. The molecule has 2 rings (SSSR count). The first kappa shape index (κ1) is 15.0. The largest absolute Gasteiger partial charge is 0.496 e. The van der Waals surface area contributed by atoms with Gasteiger partial charge in [0.15, 0.2) is 0 Å². The Kier molecular flexibility index (Phi) is 5.12. The highest BCUT2D eigenvalue weighted by atomic mass is 35.5. The Morgan fingerprint density at radius 2 is 1.90 bits per heavy atom. The molecule has 0 aromatic heterocycles. The van der Waals surface area contributed by atoms with Crippen LogP contribution in [0.15, 0.2) is 36.4 Å². The minimum Gasteiger partial charge on any atom is -0.496 e. The fourth-order valence-corrected chi connectivity index (χ4v) is 2.26. The number of hydrogen-bond acceptors (Lipinski definition) is 3. The summed E-state index contributed by atoms with van der Waals surface area (Å²) in [7, 11) is 1.59. The van der Waals surface area contributed by atoms with Gasteiger partial charge in [-0.25, -0.2) is 0 Å². The van der Waals surface area contributed by atoms with Crippen LogP contribution in [0.1, 0.15) is 11.1 Å². The Balaban J connectivity index is 2.21. The zero-order valence-electron chi connectivity index (χ0n) is 10.9. The molecule has 2 aromatic rings. The Morgan fingerprint density at radius 1 is 1.10 bits per heavy atom. The van der Waals surface area contributed by atoms with Crippen LogP contribution < -0.4 is 9.47 Å². The van der Waals surface area contributed by atoms with Gasteiger partial charge in [-0.3, -0.25) is 0 Å². The third-order valence-electron chi connectivity index (χ3n) is 2.86. The maximum absolute atomic E-state index is 9.33. The topological polar surface area (TPSA) is 38.7 Å². The smallest absolute Gasteiger partial charge is 0.126 e. The van der Waals surface area contributed by atoms with Crippen LogP contribution in [0.5, 0.6) is 11.5 Å². The fourth-order valence-electron chi connectivity index (χ4n) is 1.84. The van der Waals surface area contributed by atoms with Crippen molar-refractivity contribution in [1.82, 2.24) is 0 Å². The van der Waals surface area contributed by atoms with Crippen molar-refractivity contribution in [3.63, 3.8) is 0 Å². The van der Waals surface area contributed by atoms with E-state index in [1.54, 1.807) is 43.5 Å². The highest BCUT2D eigenvalue weighted by Gasteiger charge is 2.09. The first-order valence-electron chi connectivity index (χ1n) is 5.99. The van der Waals surface area contributed by atoms with Crippen molar-refractivity contribution in [2.45, 2.75) is 13.2 Å². The Hall–Kier alpha value is -1.42. The van der Waals surface area contributed by atoms with Crippen molar-refractivity contribution in [2.75, 3.05) is 7.11 Å². The zero-order chi connectivity index (χ0) is 14.5. The molecule has 106 valence electrons. The van der Waals surface area contributed by atoms with Crippen molar-refractivity contribution in [1.29, 1.82) is 0 Å². The van der Waals surface area contributed by atoms with E-state index in [4.69, 9.17) is 32.7 Å². The summed E-state index contributed by atoms with van der Waals surface area (Å²) >= 11 is 12.0. The van der Waals surface area contributed by atoms with Gasteiger partial charge >= 0.3 is 0 Å². The molecule has 0 saturated carbocycles. The van der Waals surface area contributed by atoms with Gasteiger partial charge in [0.25, 0.3) is 0 Å². The first-order chi connectivity index (χ1) is 9.65. The van der Waals surface area contributed by atoms with Crippen molar-refractivity contribution in [3.05, 3.63) is 57.6 Å². The van der Waals surface area contributed by atoms with E-state index in [9.17, 15) is 5.11 Å². The van der Waals surface area contributed by atoms with Gasteiger partial charge in [0, 0.05) is 21.2 Å². The fraction of sp³-hybridized carbons (Fsp3) is 0.200. The Bertz CT molecular complexity index is 598. The second kappa shape index (κ2) is 6.84. The van der Waals surface area contributed by atoms with Crippen LogP contribution in [0, 0.1) is 0 Å². The van der Waals surface area contributed by atoms with Crippen LogP contribution in [0.4, 0.5) is 0 Å². The number of methoxy groups -OCH3 is 1. The highest BCUT2D eigenvalue weighted by Crippen LogP contribution is 2.29. The van der Waals surface area contributed by atoms with E-state index in [0.29, 0.717) is 27.1 Å². The number of ether oxygens (including phenoxy) is 2. The second-order valence-corrected chi connectivity index (χ2v) is 4.96. The molecule has 0 aliphatic heterocycles. The molecule has 0 radical (unpaired) electrons. The van der Waals surface area contributed by atoms with Gasteiger partial charge in [-0.1, -0.05) is 29.3 Å². The zero-order valence-corrected chi connectivity index (χ0v) is 12.4. The van der Waals surface area contributed by atoms with Gasteiger partial charge < -0.3 is 14.6 Å². The first-order valence-corrected chi connectivity index (χ1v) is 6.74. The number of aliphatic hydroxyl groups excluding tert-OH is 1. The van der Waals surface area contributed by atoms with Crippen molar-refractivity contribution < 1.29 is 14.6 Å². The summed E-state index contributed by atoms with van der Waals surface area (Å²) in [4.78, 5) is 0. The minimum atomic E-state index is -0.179. The van der Waals surface area contributed by atoms with E-state index in [1.165, 1.54) is 0 Å². The van der Waals surface area contributed by atoms with E-state index in [-0.39, 0.29) is 13.2 Å². The number of aliphatic hydroxyl groups is 1. The van der Waals surface area contributed by atoms with E-state index < -0.39 is 0 Å². The molecule has 0 saturated heterocycles. The van der Waals surface area contributed by atoms with Crippen LogP contribution in [-0.2, 0) is 13.2 Å². The molecule has 3 nitrogen and oxygen atoms in total. The van der Waals surface area contributed by atoms with Gasteiger partial charge in [0.2, 0.25) is 0 Å². The summed E-state index contributed by atoms with van der Waals surface area (Å²) in [5.74, 6) is 1.24. The third kappa shape index (κ3) is 3.37. The molecule has 0 aliphatic rings. The van der Waals surface area contributed by atoms with Crippen molar-refractivity contribution >= 4 is 23.2 Å². The number of halogens is 2. The molecule has 0 fully saturated rings. The molecule has 1 N–H and O–H groups in total. The maximum Gasteiger partial charge on any atom is 0.126 e. The van der Waals surface area contributed by atoms with Gasteiger partial charge in [0.1, 0.15) is 18.1 Å². The van der Waals surface area contributed by atoms with E-state index >= 15 is 0 Å². The lowest BCUT2D eigenvalue weighted by atomic mass is 10.2. The van der Waals surface area contributed by atoms with Crippen LogP contribution in [0.2, 0.25) is 10.0 Å². The number of benzene rings is 2. The number of hydrogen-bond donors (Lipinski definition) is 1. The lowest BCUT2D eigenvalue weighted by Crippen LogP contribution is -2.01. The van der Waals surface area contributed by atoms with Crippen molar-refractivity contribution in [2.24, 2.45) is 0 Å². The third-order valence-corrected chi connectivity index (χ3v) is 3.45. The molecule has 0 amide bonds. The van der Waals surface area contributed by atoms with Gasteiger partial charge in [-0.05, 0) is 30.3 Å². The molecule has 0 aliphatic carbocycles. The molecule has 2 aromatic carbocycles. The summed E-state index contributed by atoms with van der Waals surface area (Å²) in [6, 6.07) is 10.6. The average Bonchev–Trinajstić information content (AvgIpc) is 2.45. The van der Waals surface area contributed by atoms with Crippen molar-refractivity contribution in [3.8, 4) is 11.5 Å². The highest BCUT2D eigenvalue weighted by molar-refractivity contribution is 6.31. The second-order valence-electron chi connectivity index (χ2n) is 4.12. The maximum atomic E-state index is 9.33. The monoisotopic (exact) mass is 312 g/mol. The standard InChI is InChI=1S/C15H14Cl2O3/c1-19-14-6-5-11(16)7-10(14)9-20-15-4-2-3-13(17)12(15)8-18/h2-7,18H,8-9H2,1H3. The molecule has 20 heavy (non-hydrogen) atoms. The Labute approximate surface area is 127 Å². The summed E-state index contributed by atoms with van der Waals surface area (Å²) in [5, 5.41) is 10.4. The van der Waals surface area contributed by atoms with E-state index in [0.717, 1.165) is 5.56 Å². The van der Waals surface area contributed by atoms with E-state index in [2.05, 4.69) is 0 Å². The van der Waals surface area contributed by atoms with E-state index in [1.807, 2.05) is 0 Å². The normalized spacial score (nSPS) is 10.4. The quantitative estimate of drug-likeness (QED) is 0.904. The van der Waals surface area contributed by atoms with Crippen LogP contribution in [0.25, 0.3) is 0 Å². The summed E-state index contributed by atoms with van der Waals surface area (Å²) in [6.07, 6.45) is 0. The SMILES string of the molecule is COc1ccc(Cl)cc1COc1cccc(Cl)c1CO. The van der Waals surface area contributed by atoms with Crippen LogP contribution in [-0.4, -0.2) is 12.2 Å². The van der Waals surface area contributed by atoms with Gasteiger partial charge in [-0.2, -0.15) is 0 Å². The molecule has 0 spiro atoms. The molecule has 5 heteroatoms.